The van der Waals surface area contributed by atoms with E-state index in [2.05, 4.69) is 38.0 Å². The van der Waals surface area contributed by atoms with Gasteiger partial charge in [0, 0.05) is 47.8 Å². The van der Waals surface area contributed by atoms with Gasteiger partial charge in [-0.05, 0) is 105 Å². The minimum atomic E-state index is -2.07. The van der Waals surface area contributed by atoms with Gasteiger partial charge < -0.3 is 85.2 Å². The van der Waals surface area contributed by atoms with Crippen LogP contribution in [0.2, 0.25) is 0 Å². The van der Waals surface area contributed by atoms with Crippen molar-refractivity contribution in [1.82, 2.24) is 36.1 Å². The van der Waals surface area contributed by atoms with Gasteiger partial charge >= 0.3 is 18.2 Å². The van der Waals surface area contributed by atoms with Crippen LogP contribution >= 0.6 is 0 Å². The Morgan fingerprint density at radius 3 is 2.26 bits per heavy atom. The van der Waals surface area contributed by atoms with Gasteiger partial charge in [-0.2, -0.15) is 0 Å². The maximum Gasteiger partial charge on any atom is 0.509 e. The summed E-state index contributed by atoms with van der Waals surface area (Å²) < 4.78 is 60.5. The first-order valence-electron chi connectivity index (χ1n) is 32.0. The second-order valence-electron chi connectivity index (χ2n) is 23.7. The van der Waals surface area contributed by atoms with Crippen LogP contribution in [0.15, 0.2) is 53.3 Å². The third-order valence-corrected chi connectivity index (χ3v) is 16.8. The quantitative estimate of drug-likeness (QED) is 0.0160. The van der Waals surface area contributed by atoms with E-state index in [9.17, 15) is 48.3 Å². The summed E-state index contributed by atoms with van der Waals surface area (Å²) in [5.74, 6) is -4.27. The van der Waals surface area contributed by atoms with Crippen molar-refractivity contribution in [2.75, 3.05) is 84.5 Å². The molecule has 2 aromatic carbocycles. The number of benzene rings is 2. The van der Waals surface area contributed by atoms with E-state index in [0.29, 0.717) is 103 Å². The number of esters is 1. The van der Waals surface area contributed by atoms with E-state index in [0.717, 1.165) is 19.3 Å². The van der Waals surface area contributed by atoms with Gasteiger partial charge in [-0.25, -0.2) is 23.8 Å². The number of nitrogens with one attached hydrogen (secondary N) is 6. The van der Waals surface area contributed by atoms with Crippen LogP contribution in [-0.2, 0) is 98.4 Å². The summed E-state index contributed by atoms with van der Waals surface area (Å²) in [4.78, 5) is 122. The van der Waals surface area contributed by atoms with Crippen LogP contribution in [0.3, 0.4) is 0 Å². The van der Waals surface area contributed by atoms with Gasteiger partial charge in [0.05, 0.1) is 94.0 Å². The predicted octanol–water partition coefficient (Wildman–Crippen LogP) is 4.47. The Labute approximate surface area is 543 Å². The molecule has 94 heavy (non-hydrogen) atoms. The SMILES string of the molecule is CC[C@@]1(O)C(=O)OCc2c1cc1n(c2=O)Cc2c-1nc1cc(F)c(C)c3c1c2[C@@H](NC(=O)COC(=O)OCc1ccc(NC(=O)[C@H](CCCNC(N)=O)NC(=O)[C@@H](NC(=O)CCOCCOCCOCCOCCNC(=O)COC2/C=C\CCCCC2)C(C)C)cc1)CC3. The molecule has 2 aromatic heterocycles. The van der Waals surface area contributed by atoms with Gasteiger partial charge in [0.25, 0.3) is 11.5 Å². The first-order valence-corrected chi connectivity index (χ1v) is 32.0. The Balaban J connectivity index is 0.736. The number of carbonyl (C=O) groups is 8. The van der Waals surface area contributed by atoms with Crippen molar-refractivity contribution in [1.29, 1.82) is 0 Å². The highest BCUT2D eigenvalue weighted by atomic mass is 19.1. The largest absolute Gasteiger partial charge is 0.509 e. The van der Waals surface area contributed by atoms with Gasteiger partial charge in [-0.1, -0.05) is 57.9 Å². The molecule has 4 aromatic rings. The lowest BCUT2D eigenvalue weighted by Gasteiger charge is -2.31. The molecule has 0 spiro atoms. The zero-order valence-corrected chi connectivity index (χ0v) is 53.6. The maximum absolute atomic E-state index is 15.4. The summed E-state index contributed by atoms with van der Waals surface area (Å²) in [6.07, 6.45) is 9.32. The van der Waals surface area contributed by atoms with Crippen molar-refractivity contribution < 1.29 is 85.7 Å². The first kappa shape index (κ1) is 71.4. The molecule has 27 nitrogen and oxygen atoms in total. The lowest BCUT2D eigenvalue weighted by Crippen LogP contribution is -2.54. The van der Waals surface area contributed by atoms with E-state index in [1.165, 1.54) is 23.5 Å². The fourth-order valence-electron chi connectivity index (χ4n) is 11.7. The molecule has 28 heteroatoms. The van der Waals surface area contributed by atoms with Gasteiger partial charge in [0.1, 0.15) is 37.7 Å². The Kier molecular flexibility index (Phi) is 26.3. The van der Waals surface area contributed by atoms with E-state index in [1.54, 1.807) is 58.0 Å². The van der Waals surface area contributed by atoms with Crippen molar-refractivity contribution >= 4 is 64.3 Å². The molecule has 4 aliphatic rings. The topological polar surface area (TPSA) is 364 Å². The molecule has 0 bridgehead atoms. The number of primary amides is 1. The number of pyridine rings is 2. The number of halogens is 1. The number of rotatable bonds is 34. The van der Waals surface area contributed by atoms with Crippen LogP contribution in [0.5, 0.6) is 0 Å². The molecule has 0 radical (unpaired) electrons. The van der Waals surface area contributed by atoms with Crippen molar-refractivity contribution in [3.8, 4) is 11.4 Å². The lowest BCUT2D eigenvalue weighted by atomic mass is 9.81. The maximum atomic E-state index is 15.4. The summed E-state index contributed by atoms with van der Waals surface area (Å²) in [6, 6.07) is 5.48. The molecule has 0 saturated heterocycles. The molecule has 9 N–H and O–H groups in total. The highest BCUT2D eigenvalue weighted by molar-refractivity contribution is 5.99. The molecular weight excluding hydrogens is 1230 g/mol. The van der Waals surface area contributed by atoms with Crippen molar-refractivity contribution in [2.24, 2.45) is 11.7 Å². The Morgan fingerprint density at radius 2 is 1.54 bits per heavy atom. The smallest absolute Gasteiger partial charge is 0.458 e. The third kappa shape index (κ3) is 19.1. The fraction of sp³-hybridized carbons (Fsp3) is 0.545. The van der Waals surface area contributed by atoms with E-state index in [1.807, 2.05) is 6.08 Å². The number of aliphatic hydroxyl groups is 1. The lowest BCUT2D eigenvalue weighted by molar-refractivity contribution is -0.172. The van der Waals surface area contributed by atoms with E-state index in [-0.39, 0.29) is 113 Å². The molecule has 4 heterocycles. The summed E-state index contributed by atoms with van der Waals surface area (Å²) in [5.41, 5.74) is 7.00. The zero-order valence-electron chi connectivity index (χ0n) is 53.6. The number of amides is 7. The highest BCUT2D eigenvalue weighted by Crippen LogP contribution is 2.46. The van der Waals surface area contributed by atoms with E-state index in [4.69, 9.17) is 48.6 Å². The zero-order chi connectivity index (χ0) is 67.3. The van der Waals surface area contributed by atoms with Crippen LogP contribution in [0.25, 0.3) is 22.3 Å². The van der Waals surface area contributed by atoms with E-state index < -0.39 is 83.5 Å². The molecule has 0 fully saturated rings. The number of fused-ring (bicyclic) bond motifs is 5. The number of urea groups is 1. The molecule has 1 unspecified atom stereocenters. The Hall–Kier alpha value is -8.41. The second-order valence-corrected chi connectivity index (χ2v) is 23.7. The molecule has 0 saturated carbocycles. The number of ether oxygens (including phenoxy) is 8. The van der Waals surface area contributed by atoms with Gasteiger partial charge in [-0.15, -0.1) is 0 Å². The summed E-state index contributed by atoms with van der Waals surface area (Å²) in [6.45, 7) is 8.13. The Bertz CT molecular complexity index is 3470. The summed E-state index contributed by atoms with van der Waals surface area (Å²) in [7, 11) is 0. The number of hydrogen-bond donors (Lipinski definition) is 8. The monoisotopic (exact) mass is 1310 g/mol. The minimum Gasteiger partial charge on any atom is -0.458 e. The van der Waals surface area contributed by atoms with E-state index >= 15 is 4.39 Å². The van der Waals surface area contributed by atoms with Crippen molar-refractivity contribution in [2.45, 2.75) is 148 Å². The molecular formula is C66H86FN9O18. The van der Waals surface area contributed by atoms with Crippen LogP contribution < -0.4 is 43.2 Å². The average Bonchev–Trinajstić information content (AvgIpc) is 1.47. The second kappa shape index (κ2) is 34.7. The fourth-order valence-corrected chi connectivity index (χ4v) is 11.7. The number of allylic oxidation sites excluding steroid dienone is 1. The normalized spacial score (nSPS) is 18.0. The standard InChI is InChI=1S/C66H86FN9O18/c1-5-66(86)47-32-52-59-45(34-76(52)62(82)46(47)36-92-63(66)83)57-49(20-19-44-40(4)48(67)33-51(73-59)56(44)57)72-55(79)38-94-65(85)93-35-41-15-17-42(18-16-41)71-60(80)50(14-11-22-70-64(68)84)74-61(81)58(39(2)3)75-53(77)21-24-87-26-28-89-30-31-90-29-27-88-25-23-69-54(78)37-91-43-12-9-7-6-8-10-13-43/h9,12,15-18,32-33,39,43,49-50,58,86H,5-8,10-11,13-14,19-31,34-38H2,1-4H3,(H,69,78)(H,71,80)(H,72,79)(H,74,81)(H,75,77)(H3,68,70,84)/b12-9-/t43?,49-,50-,58-,66-/m0/s1. The van der Waals surface area contributed by atoms with Crippen LogP contribution in [-0.4, -0.2) is 160 Å². The summed E-state index contributed by atoms with van der Waals surface area (Å²) in [5, 5.41) is 28.4. The number of carbonyl (C=O) groups excluding carboxylic acids is 8. The van der Waals surface area contributed by atoms with Gasteiger partial charge in [0.2, 0.25) is 23.6 Å². The predicted molar refractivity (Wildman–Crippen MR) is 338 cm³/mol. The van der Waals surface area contributed by atoms with Crippen LogP contribution in [0, 0.1) is 18.7 Å². The summed E-state index contributed by atoms with van der Waals surface area (Å²) >= 11 is 0. The first-order chi connectivity index (χ1) is 45.3. The average molecular weight is 1310 g/mol. The number of aryl methyl sites for hydroxylation is 1. The number of aromatic nitrogens is 2. The molecule has 8 rings (SSSR count). The number of cyclic esters (lactones) is 1. The van der Waals surface area contributed by atoms with Crippen LogP contribution in [0.4, 0.5) is 19.7 Å². The number of anilines is 1. The molecule has 7 amide bonds. The van der Waals surface area contributed by atoms with Crippen molar-refractivity contribution in [3.05, 3.63) is 104 Å². The number of nitrogens with zero attached hydrogens (tertiary/aromatic N) is 2. The van der Waals surface area contributed by atoms with Gasteiger partial charge in [0.15, 0.2) is 12.2 Å². The Morgan fingerprint density at radius 1 is 0.819 bits per heavy atom. The number of nitrogens with two attached hydrogens (primary N) is 1. The molecule has 2 aliphatic carbocycles. The molecule has 5 atom stereocenters. The van der Waals surface area contributed by atoms with Crippen LogP contribution in [0.1, 0.15) is 130 Å². The highest BCUT2D eigenvalue weighted by Gasteiger charge is 2.46. The number of hydrogen-bond acceptors (Lipinski definition) is 19. The van der Waals surface area contributed by atoms with Crippen molar-refractivity contribution in [3.63, 3.8) is 0 Å². The molecule has 510 valence electrons. The minimum absolute atomic E-state index is 0.0123. The molecule has 2 aliphatic heterocycles. The third-order valence-electron chi connectivity index (χ3n) is 16.8. The van der Waals surface area contributed by atoms with Gasteiger partial charge in [-0.3, -0.25) is 28.8 Å².